The summed E-state index contributed by atoms with van der Waals surface area (Å²) in [5, 5.41) is 2.59. The van der Waals surface area contributed by atoms with Crippen molar-refractivity contribution in [1.29, 1.82) is 0 Å². The molecule has 0 spiro atoms. The van der Waals surface area contributed by atoms with Crippen LogP contribution in [0.25, 0.3) is 0 Å². The minimum atomic E-state index is -0.804. The van der Waals surface area contributed by atoms with Crippen LogP contribution in [0.5, 0.6) is 5.75 Å². The number of halogens is 2. The molecule has 0 saturated carbocycles. The number of aromatic nitrogens is 1. The zero-order chi connectivity index (χ0) is 26.6. The molecule has 0 bridgehead atoms. The van der Waals surface area contributed by atoms with E-state index in [0.29, 0.717) is 25.1 Å². The standard InChI is InChI=1S/C28H25F2N3O5/c1-15-13-38-28-21-10-9-20-22(26(35)31-12-17-7-8-18(29)11-19(17)30)24(34)25(23(33(20)21)27(36)32(15)28)37-14-16-5-3-2-4-6-16/h2-8,11,15,21,28H,9-10,12-14H2,1H3,(H,31,35)/t15-,21?,28?/m1/s1. The Kier molecular flexibility index (Phi) is 5.98. The fourth-order valence-electron chi connectivity index (χ4n) is 5.62. The largest absolute Gasteiger partial charge is 0.483 e. The number of carbonyl (C=O) groups excluding carboxylic acids is 2. The van der Waals surface area contributed by atoms with Crippen molar-refractivity contribution in [1.82, 2.24) is 14.8 Å². The van der Waals surface area contributed by atoms with Crippen LogP contribution in [0.4, 0.5) is 8.78 Å². The van der Waals surface area contributed by atoms with Crippen LogP contribution in [0, 0.1) is 11.6 Å². The van der Waals surface area contributed by atoms with E-state index in [2.05, 4.69) is 5.32 Å². The first-order valence-corrected chi connectivity index (χ1v) is 12.5. The van der Waals surface area contributed by atoms with E-state index in [1.165, 1.54) is 6.07 Å². The molecule has 1 fully saturated rings. The molecule has 196 valence electrons. The molecule has 3 aliphatic rings. The van der Waals surface area contributed by atoms with E-state index in [9.17, 15) is 23.2 Å². The van der Waals surface area contributed by atoms with Gasteiger partial charge in [-0.1, -0.05) is 36.4 Å². The predicted molar refractivity (Wildman–Crippen MR) is 132 cm³/mol. The van der Waals surface area contributed by atoms with Crippen molar-refractivity contribution in [3.05, 3.63) is 98.5 Å². The summed E-state index contributed by atoms with van der Waals surface area (Å²) in [6, 6.07) is 11.8. The molecule has 0 radical (unpaired) electrons. The number of benzene rings is 2. The van der Waals surface area contributed by atoms with Gasteiger partial charge in [-0.15, -0.1) is 0 Å². The van der Waals surface area contributed by atoms with Crippen LogP contribution in [0.15, 0.2) is 53.3 Å². The molecule has 2 aromatic carbocycles. The highest BCUT2D eigenvalue weighted by molar-refractivity contribution is 6.01. The molecule has 4 heterocycles. The van der Waals surface area contributed by atoms with Gasteiger partial charge in [0.05, 0.1) is 18.7 Å². The molecular weight excluding hydrogens is 496 g/mol. The van der Waals surface area contributed by atoms with Gasteiger partial charge in [-0.05, 0) is 31.4 Å². The van der Waals surface area contributed by atoms with Crippen molar-refractivity contribution in [2.75, 3.05) is 6.61 Å². The average molecular weight is 522 g/mol. The van der Waals surface area contributed by atoms with Gasteiger partial charge >= 0.3 is 0 Å². The third-order valence-corrected chi connectivity index (χ3v) is 7.41. The van der Waals surface area contributed by atoms with Crippen LogP contribution < -0.4 is 15.5 Å². The topological polar surface area (TPSA) is 89.9 Å². The Morgan fingerprint density at radius 2 is 1.95 bits per heavy atom. The molecule has 2 amide bonds. The quantitative estimate of drug-likeness (QED) is 0.538. The van der Waals surface area contributed by atoms with Gasteiger partial charge in [0, 0.05) is 23.9 Å². The molecule has 3 atom stereocenters. The first-order valence-electron chi connectivity index (χ1n) is 12.5. The number of hydrogen-bond donors (Lipinski definition) is 1. The van der Waals surface area contributed by atoms with Crippen molar-refractivity contribution < 1.29 is 27.8 Å². The maximum Gasteiger partial charge on any atom is 0.276 e. The number of amides is 2. The second kappa shape index (κ2) is 9.36. The fourth-order valence-corrected chi connectivity index (χ4v) is 5.62. The molecule has 1 saturated heterocycles. The average Bonchev–Trinajstić information content (AvgIpc) is 3.50. The summed E-state index contributed by atoms with van der Waals surface area (Å²) < 4.78 is 41.1. The van der Waals surface area contributed by atoms with Crippen LogP contribution in [-0.2, 0) is 24.3 Å². The monoisotopic (exact) mass is 521 g/mol. The van der Waals surface area contributed by atoms with E-state index in [4.69, 9.17) is 9.47 Å². The van der Waals surface area contributed by atoms with E-state index < -0.39 is 29.2 Å². The summed E-state index contributed by atoms with van der Waals surface area (Å²) in [4.78, 5) is 42.6. The van der Waals surface area contributed by atoms with E-state index >= 15 is 0 Å². The Labute approximate surface area is 216 Å². The zero-order valence-corrected chi connectivity index (χ0v) is 20.6. The molecule has 6 rings (SSSR count). The van der Waals surface area contributed by atoms with Crippen LogP contribution in [-0.4, -0.2) is 40.2 Å². The maximum absolute atomic E-state index is 14.2. The van der Waals surface area contributed by atoms with Crippen LogP contribution >= 0.6 is 0 Å². The van der Waals surface area contributed by atoms with Gasteiger partial charge in [-0.3, -0.25) is 14.4 Å². The van der Waals surface area contributed by atoms with Crippen molar-refractivity contribution in [2.24, 2.45) is 0 Å². The maximum atomic E-state index is 14.2. The van der Waals surface area contributed by atoms with Gasteiger partial charge in [-0.25, -0.2) is 8.78 Å². The lowest BCUT2D eigenvalue weighted by molar-refractivity contribution is -0.0146. The summed E-state index contributed by atoms with van der Waals surface area (Å²) in [7, 11) is 0. The minimum absolute atomic E-state index is 0.0255. The van der Waals surface area contributed by atoms with Gasteiger partial charge in [0.25, 0.3) is 11.8 Å². The summed E-state index contributed by atoms with van der Waals surface area (Å²) in [6.07, 6.45) is 0.456. The number of nitrogens with zero attached hydrogens (tertiary/aromatic N) is 2. The molecule has 8 nitrogen and oxygen atoms in total. The van der Waals surface area contributed by atoms with Crippen molar-refractivity contribution in [2.45, 2.75) is 51.2 Å². The molecular formula is C28H25F2N3O5. The lowest BCUT2D eigenvalue weighted by Crippen LogP contribution is -2.51. The van der Waals surface area contributed by atoms with E-state index in [-0.39, 0.29) is 53.7 Å². The highest BCUT2D eigenvalue weighted by atomic mass is 19.1. The molecule has 1 N–H and O–H groups in total. The number of pyridine rings is 1. The van der Waals surface area contributed by atoms with Gasteiger partial charge in [0.15, 0.2) is 17.7 Å². The predicted octanol–water partition coefficient (Wildman–Crippen LogP) is 3.32. The number of fused-ring (bicyclic) bond motifs is 2. The number of nitrogens with one attached hydrogen (secondary N) is 1. The van der Waals surface area contributed by atoms with Crippen molar-refractivity contribution in [3.63, 3.8) is 0 Å². The summed E-state index contributed by atoms with van der Waals surface area (Å²) in [5.74, 6) is -2.82. The summed E-state index contributed by atoms with van der Waals surface area (Å²) in [5.41, 5.74) is 0.576. The normalized spacial score (nSPS) is 21.3. The fraction of sp³-hybridized carbons (Fsp3) is 0.321. The number of ether oxygens (including phenoxy) is 2. The first kappa shape index (κ1) is 24.3. The third-order valence-electron chi connectivity index (χ3n) is 7.41. The second-order valence-corrected chi connectivity index (χ2v) is 9.78. The van der Waals surface area contributed by atoms with Crippen LogP contribution in [0.3, 0.4) is 0 Å². The Balaban J connectivity index is 1.42. The van der Waals surface area contributed by atoms with Gasteiger partial charge < -0.3 is 24.3 Å². The van der Waals surface area contributed by atoms with E-state index in [1.54, 1.807) is 9.47 Å². The van der Waals surface area contributed by atoms with Crippen molar-refractivity contribution >= 4 is 11.8 Å². The Hall–Kier alpha value is -4.05. The number of hydrogen-bond acceptors (Lipinski definition) is 5. The Morgan fingerprint density at radius 3 is 2.71 bits per heavy atom. The molecule has 2 unspecified atom stereocenters. The SMILES string of the molecule is C[C@@H]1COC2C3CCc4c(C(=O)NCc5ccc(F)cc5F)c(=O)c(OCc5ccccc5)c(n43)C(=O)N21. The minimum Gasteiger partial charge on any atom is -0.483 e. The summed E-state index contributed by atoms with van der Waals surface area (Å²) >= 11 is 0. The molecule has 3 aliphatic heterocycles. The highest BCUT2D eigenvalue weighted by Crippen LogP contribution is 2.43. The molecule has 3 aromatic rings. The second-order valence-electron chi connectivity index (χ2n) is 9.78. The highest BCUT2D eigenvalue weighted by Gasteiger charge is 2.51. The summed E-state index contributed by atoms with van der Waals surface area (Å²) in [6.45, 7) is 2.04. The zero-order valence-electron chi connectivity index (χ0n) is 20.6. The first-order chi connectivity index (χ1) is 18.3. The van der Waals surface area contributed by atoms with Gasteiger partial charge in [0.1, 0.15) is 23.8 Å². The number of rotatable bonds is 6. The van der Waals surface area contributed by atoms with Gasteiger partial charge in [-0.2, -0.15) is 0 Å². The van der Waals surface area contributed by atoms with E-state index in [0.717, 1.165) is 17.7 Å². The molecule has 38 heavy (non-hydrogen) atoms. The van der Waals surface area contributed by atoms with Crippen molar-refractivity contribution in [3.8, 4) is 5.75 Å². The lowest BCUT2D eigenvalue weighted by atomic mass is 10.1. The smallest absolute Gasteiger partial charge is 0.276 e. The molecule has 1 aromatic heterocycles. The van der Waals surface area contributed by atoms with E-state index in [1.807, 2.05) is 37.3 Å². The van der Waals surface area contributed by atoms with Crippen LogP contribution in [0.2, 0.25) is 0 Å². The third kappa shape index (κ3) is 3.87. The molecule has 0 aliphatic carbocycles. The number of carbonyl (C=O) groups is 2. The Morgan fingerprint density at radius 1 is 1.16 bits per heavy atom. The lowest BCUT2D eigenvalue weighted by Gasteiger charge is -2.38. The molecule has 10 heteroatoms. The van der Waals surface area contributed by atoms with Crippen LogP contribution in [0.1, 0.15) is 57.1 Å². The Bertz CT molecular complexity index is 1510. The van der Waals surface area contributed by atoms with Gasteiger partial charge in [0.2, 0.25) is 5.43 Å².